The minimum Gasteiger partial charge on any atom is -0.378 e. The van der Waals surface area contributed by atoms with Crippen LogP contribution in [-0.4, -0.2) is 67.5 Å². The third-order valence-electron chi connectivity index (χ3n) is 4.22. The number of amides is 2. The SMILES string of the molecule is CCn1ncc(NC(=O)c2c([N+](=O)[O-])cnn2C)c1C(=O)N1CCOCC1. The summed E-state index contributed by atoms with van der Waals surface area (Å²) >= 11 is 0. The van der Waals surface area contributed by atoms with Crippen LogP contribution in [0.15, 0.2) is 12.4 Å². The third kappa shape index (κ3) is 3.51. The van der Waals surface area contributed by atoms with E-state index in [2.05, 4.69) is 15.5 Å². The molecule has 1 aliphatic heterocycles. The zero-order chi connectivity index (χ0) is 19.6. The molecule has 1 aliphatic rings. The van der Waals surface area contributed by atoms with E-state index in [1.807, 2.05) is 6.92 Å². The number of ether oxygens (including phenoxy) is 1. The highest BCUT2D eigenvalue weighted by molar-refractivity contribution is 6.09. The van der Waals surface area contributed by atoms with Crippen LogP contribution in [0.25, 0.3) is 0 Å². The highest BCUT2D eigenvalue weighted by atomic mass is 16.6. The van der Waals surface area contributed by atoms with Crippen molar-refractivity contribution >= 4 is 23.2 Å². The van der Waals surface area contributed by atoms with E-state index in [4.69, 9.17) is 4.74 Å². The van der Waals surface area contributed by atoms with Gasteiger partial charge in [-0.1, -0.05) is 0 Å². The summed E-state index contributed by atoms with van der Waals surface area (Å²) in [5.74, 6) is -1.03. The number of carbonyl (C=O) groups is 2. The second-order valence-corrected chi connectivity index (χ2v) is 5.84. The van der Waals surface area contributed by atoms with Crippen LogP contribution in [0.1, 0.15) is 27.9 Å². The highest BCUT2D eigenvalue weighted by Gasteiger charge is 2.29. The second kappa shape index (κ2) is 7.53. The largest absolute Gasteiger partial charge is 0.378 e. The quantitative estimate of drug-likeness (QED) is 0.583. The Morgan fingerprint density at radius 3 is 2.59 bits per heavy atom. The normalized spacial score (nSPS) is 14.2. The lowest BCUT2D eigenvalue weighted by molar-refractivity contribution is -0.385. The Balaban J connectivity index is 1.91. The molecule has 0 aliphatic carbocycles. The van der Waals surface area contributed by atoms with Crippen LogP contribution < -0.4 is 5.32 Å². The molecule has 2 aromatic rings. The van der Waals surface area contributed by atoms with E-state index in [9.17, 15) is 19.7 Å². The molecule has 0 unspecified atom stereocenters. The predicted octanol–water partition coefficient (Wildman–Crippen LogP) is 0.269. The fourth-order valence-electron chi connectivity index (χ4n) is 2.86. The van der Waals surface area contributed by atoms with Crippen molar-refractivity contribution in [2.24, 2.45) is 7.05 Å². The molecule has 1 fully saturated rings. The molecule has 0 aromatic carbocycles. The molecule has 3 rings (SSSR count). The summed E-state index contributed by atoms with van der Waals surface area (Å²) in [6.45, 7) is 4.00. The van der Waals surface area contributed by atoms with E-state index in [-0.39, 0.29) is 23.0 Å². The molecule has 0 atom stereocenters. The first kappa shape index (κ1) is 18.5. The zero-order valence-corrected chi connectivity index (χ0v) is 14.9. The Morgan fingerprint density at radius 1 is 1.26 bits per heavy atom. The van der Waals surface area contributed by atoms with E-state index < -0.39 is 16.5 Å². The molecule has 2 aromatic heterocycles. The van der Waals surface area contributed by atoms with Crippen LogP contribution >= 0.6 is 0 Å². The average molecular weight is 377 g/mol. The molecule has 27 heavy (non-hydrogen) atoms. The summed E-state index contributed by atoms with van der Waals surface area (Å²) in [6, 6.07) is 0. The van der Waals surface area contributed by atoms with Gasteiger partial charge < -0.3 is 15.0 Å². The number of hydrogen-bond donors (Lipinski definition) is 1. The Labute approximate surface area is 153 Å². The highest BCUT2D eigenvalue weighted by Crippen LogP contribution is 2.22. The van der Waals surface area contributed by atoms with Gasteiger partial charge in [-0.15, -0.1) is 0 Å². The van der Waals surface area contributed by atoms with Crippen molar-refractivity contribution in [2.75, 3.05) is 31.6 Å². The fraction of sp³-hybridized carbons (Fsp3) is 0.467. The van der Waals surface area contributed by atoms with Gasteiger partial charge in [-0.25, -0.2) is 0 Å². The Kier molecular flexibility index (Phi) is 5.16. The first-order valence-corrected chi connectivity index (χ1v) is 8.34. The molecule has 3 heterocycles. The Bertz CT molecular complexity index is 881. The number of nitrogens with one attached hydrogen (secondary N) is 1. The number of rotatable bonds is 5. The molecular weight excluding hydrogens is 358 g/mol. The lowest BCUT2D eigenvalue weighted by Crippen LogP contribution is -2.41. The van der Waals surface area contributed by atoms with E-state index in [0.29, 0.717) is 32.8 Å². The van der Waals surface area contributed by atoms with Gasteiger partial charge in [0.25, 0.3) is 11.8 Å². The van der Waals surface area contributed by atoms with Crippen LogP contribution in [0.5, 0.6) is 0 Å². The summed E-state index contributed by atoms with van der Waals surface area (Å²) < 4.78 is 7.85. The minimum atomic E-state index is -0.742. The maximum Gasteiger partial charge on any atom is 0.320 e. The summed E-state index contributed by atoms with van der Waals surface area (Å²) in [6.07, 6.45) is 2.36. The van der Waals surface area contributed by atoms with Crippen molar-refractivity contribution in [2.45, 2.75) is 13.5 Å². The predicted molar refractivity (Wildman–Crippen MR) is 92.4 cm³/mol. The number of anilines is 1. The maximum absolute atomic E-state index is 12.9. The van der Waals surface area contributed by atoms with Crippen molar-refractivity contribution in [1.29, 1.82) is 0 Å². The molecule has 144 valence electrons. The first-order valence-electron chi connectivity index (χ1n) is 8.34. The van der Waals surface area contributed by atoms with Crippen molar-refractivity contribution < 1.29 is 19.2 Å². The number of morpholine rings is 1. The zero-order valence-electron chi connectivity index (χ0n) is 14.9. The van der Waals surface area contributed by atoms with Crippen LogP contribution in [-0.2, 0) is 18.3 Å². The minimum absolute atomic E-state index is 0.189. The Morgan fingerprint density at radius 2 is 1.96 bits per heavy atom. The average Bonchev–Trinajstić information content (AvgIpc) is 3.25. The van der Waals surface area contributed by atoms with Crippen molar-refractivity contribution in [3.63, 3.8) is 0 Å². The number of hydrogen-bond acceptors (Lipinski definition) is 7. The molecule has 0 bridgehead atoms. The number of aryl methyl sites for hydroxylation is 2. The standard InChI is InChI=1S/C15H19N7O5/c1-3-21-12(15(24)20-4-6-27-7-5-20)10(8-17-21)18-14(23)13-11(22(25)26)9-16-19(13)2/h8-9H,3-7H2,1-2H3,(H,18,23). The van der Waals surface area contributed by atoms with Gasteiger partial charge in [0.05, 0.1) is 30.0 Å². The maximum atomic E-state index is 12.9. The second-order valence-electron chi connectivity index (χ2n) is 5.84. The molecule has 0 saturated carbocycles. The van der Waals surface area contributed by atoms with E-state index in [1.54, 1.807) is 4.90 Å². The van der Waals surface area contributed by atoms with Gasteiger partial charge in [-0.2, -0.15) is 10.2 Å². The summed E-state index contributed by atoms with van der Waals surface area (Å²) in [5, 5.41) is 21.6. The van der Waals surface area contributed by atoms with Crippen LogP contribution in [0.4, 0.5) is 11.4 Å². The number of nitro groups is 1. The molecular formula is C15H19N7O5. The third-order valence-corrected chi connectivity index (χ3v) is 4.22. The molecule has 12 nitrogen and oxygen atoms in total. The number of nitrogens with zero attached hydrogens (tertiary/aromatic N) is 6. The van der Waals surface area contributed by atoms with Gasteiger partial charge in [0.15, 0.2) is 0 Å². The van der Waals surface area contributed by atoms with E-state index >= 15 is 0 Å². The molecule has 2 amide bonds. The van der Waals surface area contributed by atoms with Gasteiger partial charge in [0.2, 0.25) is 5.69 Å². The van der Waals surface area contributed by atoms with Gasteiger partial charge in [0, 0.05) is 26.7 Å². The van der Waals surface area contributed by atoms with E-state index in [0.717, 1.165) is 10.9 Å². The van der Waals surface area contributed by atoms with Crippen molar-refractivity contribution in [3.8, 4) is 0 Å². The molecule has 1 N–H and O–H groups in total. The molecule has 0 spiro atoms. The summed E-state index contributed by atoms with van der Waals surface area (Å²) in [5.41, 5.74) is -0.223. The van der Waals surface area contributed by atoms with Crippen LogP contribution in [0, 0.1) is 10.1 Å². The lowest BCUT2D eigenvalue weighted by Gasteiger charge is -2.27. The fourth-order valence-corrected chi connectivity index (χ4v) is 2.86. The van der Waals surface area contributed by atoms with Gasteiger partial charge >= 0.3 is 5.69 Å². The smallest absolute Gasteiger partial charge is 0.320 e. The number of aromatic nitrogens is 4. The molecule has 0 radical (unpaired) electrons. The molecule has 1 saturated heterocycles. The van der Waals surface area contributed by atoms with Gasteiger partial charge in [-0.3, -0.25) is 29.1 Å². The summed E-state index contributed by atoms with van der Waals surface area (Å²) in [4.78, 5) is 37.6. The Hall–Kier alpha value is -3.28. The lowest BCUT2D eigenvalue weighted by atomic mass is 10.2. The number of carbonyl (C=O) groups excluding carboxylic acids is 2. The summed E-state index contributed by atoms with van der Waals surface area (Å²) in [7, 11) is 1.43. The van der Waals surface area contributed by atoms with Gasteiger partial charge in [-0.05, 0) is 6.92 Å². The first-order chi connectivity index (χ1) is 12.9. The van der Waals surface area contributed by atoms with Crippen LogP contribution in [0.3, 0.4) is 0 Å². The van der Waals surface area contributed by atoms with Crippen molar-refractivity contribution in [3.05, 3.63) is 33.9 Å². The van der Waals surface area contributed by atoms with Gasteiger partial charge in [0.1, 0.15) is 11.9 Å². The topological polar surface area (TPSA) is 137 Å². The van der Waals surface area contributed by atoms with Crippen molar-refractivity contribution in [1.82, 2.24) is 24.5 Å². The van der Waals surface area contributed by atoms with Crippen LogP contribution in [0.2, 0.25) is 0 Å². The monoisotopic (exact) mass is 377 g/mol. The van der Waals surface area contributed by atoms with E-state index in [1.165, 1.54) is 17.9 Å². The molecule has 12 heteroatoms.